The number of hydrogen-bond acceptors (Lipinski definition) is 11. The van der Waals surface area contributed by atoms with Gasteiger partial charge in [0.2, 0.25) is 5.95 Å². The number of rotatable bonds is 13. The first kappa shape index (κ1) is 26.4. The molecule has 7 N–H and O–H groups in total. The second-order valence-electron chi connectivity index (χ2n) is 7.43. The van der Waals surface area contributed by atoms with Gasteiger partial charge in [-0.05, 0) is 26.2 Å². The highest BCUT2D eigenvalue weighted by Crippen LogP contribution is 2.58. The van der Waals surface area contributed by atoms with E-state index in [1.807, 2.05) is 0 Å². The Morgan fingerprint density at radius 2 is 2.00 bits per heavy atom. The van der Waals surface area contributed by atoms with Crippen molar-refractivity contribution in [2.75, 3.05) is 31.3 Å². The van der Waals surface area contributed by atoms with Crippen LogP contribution in [0, 0.1) is 0 Å². The summed E-state index contributed by atoms with van der Waals surface area (Å²) in [4.78, 5) is 22.6. The molecule has 0 aromatic carbocycles. The summed E-state index contributed by atoms with van der Waals surface area (Å²) in [5.41, 5.74) is 6.44. The third kappa shape index (κ3) is 5.54. The predicted octanol–water partition coefficient (Wildman–Crippen LogP) is 0.808. The summed E-state index contributed by atoms with van der Waals surface area (Å²) in [6.45, 7) is 4.20. The molecule has 0 saturated heterocycles. The van der Waals surface area contributed by atoms with Crippen molar-refractivity contribution in [3.05, 3.63) is 6.33 Å². The number of aliphatic hydroxyl groups is 3. The quantitative estimate of drug-likeness (QED) is 0.223. The number of nitrogens with one attached hydrogen (secondary N) is 1. The fraction of sp³-hybridized carbons (Fsp3) is 0.722. The number of aromatic nitrogens is 4. The molecular formula is C18H33N6O7P. The predicted molar refractivity (Wildman–Crippen MR) is 118 cm³/mol. The van der Waals surface area contributed by atoms with Crippen LogP contribution in [0.2, 0.25) is 0 Å². The second kappa shape index (κ2) is 10.8. The molecule has 0 saturated carbocycles. The topological polar surface area (TPSA) is 198 Å². The lowest BCUT2D eigenvalue weighted by Crippen LogP contribution is -2.31. The molecular weight excluding hydrogens is 443 g/mol. The zero-order valence-electron chi connectivity index (χ0n) is 18.7. The van der Waals surface area contributed by atoms with Crippen LogP contribution in [0.15, 0.2) is 6.33 Å². The largest absolute Gasteiger partial charge is 0.394 e. The summed E-state index contributed by atoms with van der Waals surface area (Å²) >= 11 is 0. The minimum atomic E-state index is -4.30. The Bertz CT molecular complexity index is 938. The first-order chi connectivity index (χ1) is 15.0. The molecule has 0 aliphatic rings. The van der Waals surface area contributed by atoms with Crippen molar-refractivity contribution in [1.29, 1.82) is 0 Å². The SMILES string of the molecule is CCC(O)(CC)P(=O)(O)OC(C)CCO[C@H]([C@H](O)CO)n1cnc2c(NC)nc(N)nc21. The zero-order chi connectivity index (χ0) is 24.1. The molecule has 0 amide bonds. The summed E-state index contributed by atoms with van der Waals surface area (Å²) in [6.07, 6.45) is -1.41. The molecule has 13 nitrogen and oxygen atoms in total. The first-order valence-electron chi connectivity index (χ1n) is 10.4. The molecule has 14 heteroatoms. The standard InChI is InChI=1S/C18H33N6O7P/c1-5-18(27,6-2)32(28,29)31-11(3)7-8-30-16(12(26)9-25)24-10-21-13-14(20-4)22-17(19)23-15(13)24/h10-12,16,25-27H,5-9H2,1-4H3,(H,28,29)(H3,19,20,22,23)/t11?,12-,16-/m1/s1. The number of fused-ring (bicyclic) bond motifs is 1. The lowest BCUT2D eigenvalue weighted by Gasteiger charge is -2.31. The fourth-order valence-electron chi connectivity index (χ4n) is 3.16. The van der Waals surface area contributed by atoms with Crippen molar-refractivity contribution in [1.82, 2.24) is 19.5 Å². The van der Waals surface area contributed by atoms with Crippen LogP contribution in [0.4, 0.5) is 11.8 Å². The van der Waals surface area contributed by atoms with Gasteiger partial charge >= 0.3 is 7.60 Å². The Hall–Kier alpha value is -1.86. The van der Waals surface area contributed by atoms with Crippen LogP contribution in [-0.4, -0.2) is 77.5 Å². The molecule has 0 fully saturated rings. The van der Waals surface area contributed by atoms with Crippen LogP contribution in [0.25, 0.3) is 11.2 Å². The number of anilines is 2. The van der Waals surface area contributed by atoms with Gasteiger partial charge in [-0.15, -0.1) is 0 Å². The van der Waals surface area contributed by atoms with Crippen molar-refractivity contribution in [2.24, 2.45) is 0 Å². The third-order valence-corrected chi connectivity index (χ3v) is 7.59. The van der Waals surface area contributed by atoms with E-state index in [1.54, 1.807) is 27.8 Å². The number of nitrogens with zero attached hydrogens (tertiary/aromatic N) is 4. The van der Waals surface area contributed by atoms with Crippen LogP contribution in [0.1, 0.15) is 46.3 Å². The Morgan fingerprint density at radius 3 is 2.56 bits per heavy atom. The number of nitrogen functional groups attached to an aromatic ring is 1. The molecule has 2 heterocycles. The van der Waals surface area contributed by atoms with Crippen molar-refractivity contribution in [3.8, 4) is 0 Å². The maximum absolute atomic E-state index is 12.5. The maximum Gasteiger partial charge on any atom is 0.359 e. The van der Waals surface area contributed by atoms with E-state index >= 15 is 0 Å². The molecule has 0 spiro atoms. The van der Waals surface area contributed by atoms with E-state index in [9.17, 15) is 24.8 Å². The van der Waals surface area contributed by atoms with Gasteiger partial charge in [-0.2, -0.15) is 9.97 Å². The van der Waals surface area contributed by atoms with Gasteiger partial charge in [-0.3, -0.25) is 9.13 Å². The normalized spacial score (nSPS) is 17.1. The van der Waals surface area contributed by atoms with Crippen molar-refractivity contribution in [3.63, 3.8) is 0 Å². The number of aliphatic hydroxyl groups excluding tert-OH is 2. The van der Waals surface area contributed by atoms with Gasteiger partial charge < -0.3 is 40.5 Å². The highest BCUT2D eigenvalue weighted by Gasteiger charge is 2.45. The maximum atomic E-state index is 12.5. The van der Waals surface area contributed by atoms with Crippen molar-refractivity contribution >= 4 is 30.5 Å². The van der Waals surface area contributed by atoms with E-state index in [2.05, 4.69) is 20.3 Å². The van der Waals surface area contributed by atoms with Crippen LogP contribution in [0.3, 0.4) is 0 Å². The average molecular weight is 476 g/mol. The van der Waals surface area contributed by atoms with Gasteiger partial charge in [0, 0.05) is 7.05 Å². The van der Waals surface area contributed by atoms with Gasteiger partial charge in [-0.25, -0.2) is 4.98 Å². The summed E-state index contributed by atoms with van der Waals surface area (Å²) in [6, 6.07) is 0. The van der Waals surface area contributed by atoms with E-state index in [1.165, 1.54) is 10.9 Å². The molecule has 0 aliphatic carbocycles. The molecule has 2 aromatic rings. The number of ether oxygens (including phenoxy) is 1. The van der Waals surface area contributed by atoms with Crippen LogP contribution in [0.5, 0.6) is 0 Å². The van der Waals surface area contributed by atoms with Gasteiger partial charge in [0.15, 0.2) is 28.6 Å². The van der Waals surface area contributed by atoms with Gasteiger partial charge in [0.05, 0.1) is 25.6 Å². The molecule has 2 rings (SSSR count). The summed E-state index contributed by atoms with van der Waals surface area (Å²) in [5.74, 6) is 0.379. The molecule has 2 unspecified atom stereocenters. The molecule has 4 atom stereocenters. The molecule has 0 bridgehead atoms. The van der Waals surface area contributed by atoms with Gasteiger partial charge in [0.25, 0.3) is 0 Å². The Balaban J connectivity index is 2.14. The third-order valence-electron chi connectivity index (χ3n) is 5.26. The first-order valence-corrected chi connectivity index (χ1v) is 11.9. The number of nitrogens with two attached hydrogens (primary N) is 1. The zero-order valence-corrected chi connectivity index (χ0v) is 19.6. The Labute approximate surface area is 186 Å². The average Bonchev–Trinajstić information content (AvgIpc) is 3.17. The smallest absolute Gasteiger partial charge is 0.359 e. The molecule has 2 aromatic heterocycles. The summed E-state index contributed by atoms with van der Waals surface area (Å²) in [7, 11) is -2.65. The molecule has 0 radical (unpaired) electrons. The lowest BCUT2D eigenvalue weighted by molar-refractivity contribution is -0.100. The minimum Gasteiger partial charge on any atom is -0.394 e. The monoisotopic (exact) mass is 476 g/mol. The second-order valence-corrected chi connectivity index (χ2v) is 9.51. The van der Waals surface area contributed by atoms with Gasteiger partial charge in [-0.1, -0.05) is 13.8 Å². The Morgan fingerprint density at radius 1 is 1.34 bits per heavy atom. The number of hydrogen-bond donors (Lipinski definition) is 6. The van der Waals surface area contributed by atoms with Crippen molar-refractivity contribution < 1.29 is 34.0 Å². The van der Waals surface area contributed by atoms with Crippen LogP contribution < -0.4 is 11.1 Å². The molecule has 182 valence electrons. The van der Waals surface area contributed by atoms with Crippen LogP contribution in [-0.2, 0) is 13.8 Å². The Kier molecular flexibility index (Phi) is 8.94. The van der Waals surface area contributed by atoms with E-state index in [4.69, 9.17) is 15.0 Å². The van der Waals surface area contributed by atoms with Crippen LogP contribution >= 0.6 is 7.60 Å². The van der Waals surface area contributed by atoms with E-state index in [0.29, 0.717) is 17.0 Å². The van der Waals surface area contributed by atoms with E-state index in [0.717, 1.165) is 0 Å². The lowest BCUT2D eigenvalue weighted by atomic mass is 10.2. The van der Waals surface area contributed by atoms with E-state index in [-0.39, 0.29) is 31.8 Å². The minimum absolute atomic E-state index is 0.00129. The molecule has 0 aliphatic heterocycles. The number of imidazole rings is 1. The van der Waals surface area contributed by atoms with Crippen molar-refractivity contribution in [2.45, 2.75) is 63.8 Å². The summed E-state index contributed by atoms with van der Waals surface area (Å²) < 4.78 is 25.0. The van der Waals surface area contributed by atoms with E-state index < -0.39 is 38.0 Å². The highest BCUT2D eigenvalue weighted by atomic mass is 31.2. The highest BCUT2D eigenvalue weighted by molar-refractivity contribution is 7.54. The molecule has 32 heavy (non-hydrogen) atoms. The fourth-order valence-corrected chi connectivity index (χ4v) is 4.75. The summed E-state index contributed by atoms with van der Waals surface area (Å²) in [5, 5.41) is 31.2. The van der Waals surface area contributed by atoms with Gasteiger partial charge in [0.1, 0.15) is 6.10 Å².